The number of hydrogen-bond donors (Lipinski definition) is 1. The van der Waals surface area contributed by atoms with Gasteiger partial charge in [0, 0.05) is 11.9 Å². The number of ether oxygens (including phenoxy) is 1. The van der Waals surface area contributed by atoms with Crippen molar-refractivity contribution < 1.29 is 4.74 Å². The first-order chi connectivity index (χ1) is 8.29. The van der Waals surface area contributed by atoms with Gasteiger partial charge in [0.2, 0.25) is 0 Å². The van der Waals surface area contributed by atoms with Gasteiger partial charge in [-0.2, -0.15) is 0 Å². The Morgan fingerprint density at radius 3 is 2.12 bits per heavy atom. The van der Waals surface area contributed by atoms with E-state index in [0.717, 1.165) is 17.1 Å². The summed E-state index contributed by atoms with van der Waals surface area (Å²) in [5.41, 5.74) is 6.84. The van der Waals surface area contributed by atoms with E-state index in [2.05, 4.69) is 0 Å². The van der Waals surface area contributed by atoms with Crippen molar-refractivity contribution in [2.75, 3.05) is 5.88 Å². The van der Waals surface area contributed by atoms with Crippen molar-refractivity contribution in [3.63, 3.8) is 0 Å². The van der Waals surface area contributed by atoms with Crippen molar-refractivity contribution in [2.24, 2.45) is 5.73 Å². The fraction of sp³-hybridized carbons (Fsp3) is 0.143. The maximum atomic E-state index is 5.82. The molecule has 2 rings (SSSR count). The average Bonchev–Trinajstić information content (AvgIpc) is 2.40. The van der Waals surface area contributed by atoms with Crippen LogP contribution in [0.5, 0.6) is 11.5 Å². The first-order valence-corrected chi connectivity index (χ1v) is 5.97. The van der Waals surface area contributed by atoms with E-state index in [-0.39, 0.29) is 6.04 Å². The molecule has 2 nitrogen and oxygen atoms in total. The van der Waals surface area contributed by atoms with E-state index < -0.39 is 0 Å². The summed E-state index contributed by atoms with van der Waals surface area (Å²) in [6, 6.07) is 17.2. The zero-order chi connectivity index (χ0) is 12.1. The van der Waals surface area contributed by atoms with E-state index in [1.165, 1.54) is 0 Å². The molecule has 0 aliphatic heterocycles. The Balaban J connectivity index is 2.08. The molecule has 0 aliphatic rings. The average molecular weight is 248 g/mol. The number of nitrogens with two attached hydrogens (primary N) is 1. The molecule has 0 radical (unpaired) electrons. The second-order valence-electron chi connectivity index (χ2n) is 3.74. The number of benzene rings is 2. The van der Waals surface area contributed by atoms with Crippen LogP contribution in [0.15, 0.2) is 54.6 Å². The van der Waals surface area contributed by atoms with Gasteiger partial charge < -0.3 is 10.5 Å². The van der Waals surface area contributed by atoms with Gasteiger partial charge in [-0.05, 0) is 29.8 Å². The maximum absolute atomic E-state index is 5.82. The number of halogens is 1. The predicted molar refractivity (Wildman–Crippen MR) is 70.6 cm³/mol. The van der Waals surface area contributed by atoms with Crippen LogP contribution in [0.25, 0.3) is 0 Å². The van der Waals surface area contributed by atoms with Crippen molar-refractivity contribution >= 4 is 11.6 Å². The van der Waals surface area contributed by atoms with Gasteiger partial charge in [-0.15, -0.1) is 11.6 Å². The summed E-state index contributed by atoms with van der Waals surface area (Å²) in [6.07, 6.45) is 0. The number of rotatable bonds is 4. The van der Waals surface area contributed by atoms with Crippen LogP contribution in [-0.2, 0) is 0 Å². The molecule has 17 heavy (non-hydrogen) atoms. The van der Waals surface area contributed by atoms with Crippen LogP contribution in [0.4, 0.5) is 0 Å². The summed E-state index contributed by atoms with van der Waals surface area (Å²) < 4.78 is 5.67. The number of alkyl halides is 1. The fourth-order valence-corrected chi connectivity index (χ4v) is 1.67. The summed E-state index contributed by atoms with van der Waals surface area (Å²) in [7, 11) is 0. The first kappa shape index (κ1) is 12.0. The molecule has 88 valence electrons. The third-order valence-electron chi connectivity index (χ3n) is 2.45. The summed E-state index contributed by atoms with van der Waals surface area (Å²) in [6.45, 7) is 0. The third kappa shape index (κ3) is 3.22. The van der Waals surface area contributed by atoms with Gasteiger partial charge in [-0.25, -0.2) is 0 Å². The lowest BCUT2D eigenvalue weighted by molar-refractivity contribution is 0.482. The molecule has 2 N–H and O–H groups in total. The molecule has 0 fully saturated rings. The van der Waals surface area contributed by atoms with Crippen LogP contribution in [-0.4, -0.2) is 5.88 Å². The molecule has 1 atom stereocenters. The minimum atomic E-state index is -0.123. The van der Waals surface area contributed by atoms with Crippen molar-refractivity contribution in [1.29, 1.82) is 0 Å². The Morgan fingerprint density at radius 1 is 0.941 bits per heavy atom. The zero-order valence-corrected chi connectivity index (χ0v) is 10.1. The minimum Gasteiger partial charge on any atom is -0.457 e. The fourth-order valence-electron chi connectivity index (χ4n) is 1.50. The van der Waals surface area contributed by atoms with Crippen LogP contribution in [0.3, 0.4) is 0 Å². The Bertz CT molecular complexity index is 455. The van der Waals surface area contributed by atoms with Crippen LogP contribution in [0, 0.1) is 0 Å². The van der Waals surface area contributed by atoms with E-state index >= 15 is 0 Å². The molecule has 0 aromatic heterocycles. The van der Waals surface area contributed by atoms with Gasteiger partial charge in [0.1, 0.15) is 11.5 Å². The zero-order valence-electron chi connectivity index (χ0n) is 9.34. The minimum absolute atomic E-state index is 0.123. The topological polar surface area (TPSA) is 35.2 Å². The van der Waals surface area contributed by atoms with Crippen molar-refractivity contribution in [2.45, 2.75) is 6.04 Å². The normalized spacial score (nSPS) is 12.1. The van der Waals surface area contributed by atoms with E-state index in [1.54, 1.807) is 0 Å². The van der Waals surface area contributed by atoms with Crippen molar-refractivity contribution in [3.8, 4) is 11.5 Å². The molecule has 0 heterocycles. The third-order valence-corrected chi connectivity index (χ3v) is 2.79. The second kappa shape index (κ2) is 5.71. The Hall–Kier alpha value is -1.51. The summed E-state index contributed by atoms with van der Waals surface area (Å²) in [5.74, 6) is 2.03. The lowest BCUT2D eigenvalue weighted by Crippen LogP contribution is -2.11. The molecule has 0 saturated carbocycles. The van der Waals surface area contributed by atoms with Gasteiger partial charge in [0.05, 0.1) is 0 Å². The second-order valence-corrected chi connectivity index (χ2v) is 4.05. The van der Waals surface area contributed by atoms with Gasteiger partial charge in [0.25, 0.3) is 0 Å². The summed E-state index contributed by atoms with van der Waals surface area (Å²) in [5, 5.41) is 0. The Kier molecular flexibility index (Phi) is 4.02. The lowest BCUT2D eigenvalue weighted by Gasteiger charge is -2.09. The Labute approximate surface area is 106 Å². The molecular formula is C14H14ClNO. The van der Waals surface area contributed by atoms with Gasteiger partial charge >= 0.3 is 0 Å². The molecule has 0 aliphatic carbocycles. The van der Waals surface area contributed by atoms with E-state index in [0.29, 0.717) is 5.88 Å². The van der Waals surface area contributed by atoms with Crippen LogP contribution >= 0.6 is 11.6 Å². The summed E-state index contributed by atoms with van der Waals surface area (Å²) >= 11 is 5.70. The van der Waals surface area contributed by atoms with Crippen LogP contribution < -0.4 is 10.5 Å². The van der Waals surface area contributed by atoms with E-state index in [1.807, 2.05) is 54.6 Å². The number of para-hydroxylation sites is 1. The molecule has 3 heteroatoms. The van der Waals surface area contributed by atoms with Crippen molar-refractivity contribution in [3.05, 3.63) is 60.2 Å². The van der Waals surface area contributed by atoms with Crippen LogP contribution in [0.2, 0.25) is 0 Å². The largest absolute Gasteiger partial charge is 0.457 e. The van der Waals surface area contributed by atoms with Gasteiger partial charge in [-0.1, -0.05) is 30.3 Å². The molecule has 1 unspecified atom stereocenters. The van der Waals surface area contributed by atoms with Gasteiger partial charge in [-0.3, -0.25) is 0 Å². The monoisotopic (exact) mass is 247 g/mol. The highest BCUT2D eigenvalue weighted by atomic mass is 35.5. The smallest absolute Gasteiger partial charge is 0.127 e. The molecule has 0 bridgehead atoms. The first-order valence-electron chi connectivity index (χ1n) is 5.44. The highest BCUT2D eigenvalue weighted by Crippen LogP contribution is 2.22. The molecule has 0 spiro atoms. The highest BCUT2D eigenvalue weighted by Gasteiger charge is 2.04. The standard InChI is InChI=1S/C14H14ClNO/c15-10-14(16)11-6-8-13(9-7-11)17-12-4-2-1-3-5-12/h1-9,14H,10,16H2. The Morgan fingerprint density at radius 2 is 1.53 bits per heavy atom. The van der Waals surface area contributed by atoms with Gasteiger partial charge in [0.15, 0.2) is 0 Å². The maximum Gasteiger partial charge on any atom is 0.127 e. The van der Waals surface area contributed by atoms with E-state index in [4.69, 9.17) is 22.1 Å². The molecule has 2 aromatic rings. The SMILES string of the molecule is NC(CCl)c1ccc(Oc2ccccc2)cc1. The highest BCUT2D eigenvalue weighted by molar-refractivity contribution is 6.18. The van der Waals surface area contributed by atoms with E-state index in [9.17, 15) is 0 Å². The van der Waals surface area contributed by atoms with Crippen LogP contribution in [0.1, 0.15) is 11.6 Å². The molecule has 2 aromatic carbocycles. The lowest BCUT2D eigenvalue weighted by atomic mass is 10.1. The molecule has 0 amide bonds. The summed E-state index contributed by atoms with van der Waals surface area (Å²) in [4.78, 5) is 0. The molecule has 0 saturated heterocycles. The predicted octanol–water partition coefficient (Wildman–Crippen LogP) is 3.72. The molecular weight excluding hydrogens is 234 g/mol. The number of hydrogen-bond acceptors (Lipinski definition) is 2. The van der Waals surface area contributed by atoms with Crippen molar-refractivity contribution in [1.82, 2.24) is 0 Å². The quantitative estimate of drug-likeness (QED) is 0.836.